The first kappa shape index (κ1) is 19.9. The van der Waals surface area contributed by atoms with Gasteiger partial charge in [0.05, 0.1) is 17.9 Å². The first-order valence-corrected chi connectivity index (χ1v) is 9.43. The van der Waals surface area contributed by atoms with E-state index in [0.29, 0.717) is 24.6 Å². The molecular weight excluding hydrogens is 358 g/mol. The van der Waals surface area contributed by atoms with Crippen molar-refractivity contribution in [3.63, 3.8) is 0 Å². The fourth-order valence-electron chi connectivity index (χ4n) is 2.89. The number of ether oxygens (including phenoxy) is 1. The van der Waals surface area contributed by atoms with E-state index in [2.05, 4.69) is 25.9 Å². The summed E-state index contributed by atoms with van der Waals surface area (Å²) < 4.78 is 5.67. The number of aromatic nitrogens is 2. The molecule has 28 heavy (non-hydrogen) atoms. The molecule has 0 bridgehead atoms. The minimum absolute atomic E-state index is 0.273. The average molecular weight is 385 g/mol. The van der Waals surface area contributed by atoms with Crippen molar-refractivity contribution in [2.45, 2.75) is 19.8 Å². The van der Waals surface area contributed by atoms with Gasteiger partial charge in [-0.1, -0.05) is 6.08 Å². The van der Waals surface area contributed by atoms with Crippen LogP contribution in [0.2, 0.25) is 0 Å². The van der Waals surface area contributed by atoms with Gasteiger partial charge in [0, 0.05) is 17.9 Å². The molecule has 8 heteroatoms. The summed E-state index contributed by atoms with van der Waals surface area (Å²) in [5.74, 6) is 0.494. The standard InChI is InChI=1S/C20H27N5O3/c1-4-28-24-17-7-5-6-16-18(17)19(23-22-16)20(26)21-14-8-10-15(11-9-14)27-13-12-25(2)3/h7-11,24H,4-6,12-13H2,1-3H3,(H,21,26)(H,22,23). The molecule has 0 saturated heterocycles. The molecule has 1 aromatic carbocycles. The minimum atomic E-state index is -0.273. The molecule has 0 atom stereocenters. The van der Waals surface area contributed by atoms with Crippen LogP contribution in [-0.4, -0.2) is 54.9 Å². The maximum Gasteiger partial charge on any atom is 0.276 e. The van der Waals surface area contributed by atoms with Crippen LogP contribution < -0.4 is 15.5 Å². The number of anilines is 1. The molecule has 3 rings (SSSR count). The molecule has 0 spiro atoms. The molecule has 2 aromatic rings. The topological polar surface area (TPSA) is 91.5 Å². The van der Waals surface area contributed by atoms with Crippen molar-refractivity contribution < 1.29 is 14.4 Å². The Kier molecular flexibility index (Phi) is 6.67. The van der Waals surface area contributed by atoms with Crippen molar-refractivity contribution in [3.05, 3.63) is 47.3 Å². The van der Waals surface area contributed by atoms with E-state index < -0.39 is 0 Å². The van der Waals surface area contributed by atoms with Gasteiger partial charge in [-0.2, -0.15) is 5.10 Å². The molecule has 8 nitrogen and oxygen atoms in total. The summed E-state index contributed by atoms with van der Waals surface area (Å²) in [6.45, 7) is 3.87. The zero-order chi connectivity index (χ0) is 19.9. The maximum atomic E-state index is 12.8. The number of benzene rings is 1. The third kappa shape index (κ3) is 4.90. The highest BCUT2D eigenvalue weighted by atomic mass is 16.6. The lowest BCUT2D eigenvalue weighted by Crippen LogP contribution is -2.20. The van der Waals surface area contributed by atoms with Crippen LogP contribution in [0.3, 0.4) is 0 Å². The third-order valence-corrected chi connectivity index (χ3v) is 4.31. The van der Waals surface area contributed by atoms with E-state index in [1.165, 1.54) is 0 Å². The van der Waals surface area contributed by atoms with Crippen LogP contribution in [0, 0.1) is 0 Å². The number of fused-ring (bicyclic) bond motifs is 1. The van der Waals surface area contributed by atoms with Crippen molar-refractivity contribution in [1.82, 2.24) is 20.6 Å². The van der Waals surface area contributed by atoms with E-state index >= 15 is 0 Å². The molecule has 0 unspecified atom stereocenters. The fraction of sp³-hybridized carbons (Fsp3) is 0.400. The minimum Gasteiger partial charge on any atom is -0.492 e. The maximum absolute atomic E-state index is 12.8. The van der Waals surface area contributed by atoms with Crippen molar-refractivity contribution in [2.75, 3.05) is 39.2 Å². The first-order chi connectivity index (χ1) is 13.6. The van der Waals surface area contributed by atoms with Crippen LogP contribution >= 0.6 is 0 Å². The third-order valence-electron chi connectivity index (χ3n) is 4.31. The number of hydroxylamine groups is 1. The molecular formula is C20H27N5O3. The number of allylic oxidation sites excluding steroid dienone is 1. The number of aryl methyl sites for hydroxylation is 1. The zero-order valence-corrected chi connectivity index (χ0v) is 16.5. The van der Waals surface area contributed by atoms with Crippen molar-refractivity contribution >= 4 is 17.3 Å². The normalized spacial score (nSPS) is 13.1. The number of likely N-dealkylation sites (N-methyl/N-ethyl adjacent to an activating group) is 1. The molecule has 1 aromatic heterocycles. The summed E-state index contributed by atoms with van der Waals surface area (Å²) in [5, 5.41) is 10.1. The first-order valence-electron chi connectivity index (χ1n) is 9.43. The molecule has 1 heterocycles. The molecule has 1 aliphatic carbocycles. The van der Waals surface area contributed by atoms with Gasteiger partial charge in [0.1, 0.15) is 12.4 Å². The number of carbonyl (C=O) groups is 1. The van der Waals surface area contributed by atoms with Crippen molar-refractivity contribution in [2.24, 2.45) is 0 Å². The zero-order valence-electron chi connectivity index (χ0n) is 16.5. The Morgan fingerprint density at radius 3 is 2.79 bits per heavy atom. The predicted molar refractivity (Wildman–Crippen MR) is 108 cm³/mol. The summed E-state index contributed by atoms with van der Waals surface area (Å²) in [6, 6.07) is 7.31. The summed E-state index contributed by atoms with van der Waals surface area (Å²) >= 11 is 0. The summed E-state index contributed by atoms with van der Waals surface area (Å²) in [7, 11) is 4.00. The molecule has 0 saturated carbocycles. The summed E-state index contributed by atoms with van der Waals surface area (Å²) in [5.41, 5.74) is 6.40. The van der Waals surface area contributed by atoms with Crippen LogP contribution in [0.25, 0.3) is 5.70 Å². The number of carbonyl (C=O) groups excluding carboxylic acids is 1. The van der Waals surface area contributed by atoms with Gasteiger partial charge in [0.15, 0.2) is 5.69 Å². The van der Waals surface area contributed by atoms with Gasteiger partial charge >= 0.3 is 0 Å². The van der Waals surface area contributed by atoms with Gasteiger partial charge in [-0.05, 0) is 58.1 Å². The van der Waals surface area contributed by atoms with Crippen molar-refractivity contribution in [3.8, 4) is 5.75 Å². The fourth-order valence-corrected chi connectivity index (χ4v) is 2.89. The summed E-state index contributed by atoms with van der Waals surface area (Å²) in [4.78, 5) is 20.1. The van der Waals surface area contributed by atoms with Crippen molar-refractivity contribution in [1.29, 1.82) is 0 Å². The molecule has 3 N–H and O–H groups in total. The van der Waals surface area contributed by atoms with Gasteiger partial charge in [-0.15, -0.1) is 0 Å². The van der Waals surface area contributed by atoms with Crippen LogP contribution in [0.1, 0.15) is 35.1 Å². The number of aromatic amines is 1. The van der Waals surface area contributed by atoms with Crippen LogP contribution in [0.15, 0.2) is 30.3 Å². The van der Waals surface area contributed by atoms with E-state index in [9.17, 15) is 4.79 Å². The van der Waals surface area contributed by atoms with E-state index in [-0.39, 0.29) is 5.91 Å². The lowest BCUT2D eigenvalue weighted by Gasteiger charge is -2.16. The highest BCUT2D eigenvalue weighted by Crippen LogP contribution is 2.27. The SMILES string of the molecule is CCONC1=CCCc2[nH]nc(C(=O)Nc3ccc(OCCN(C)C)cc3)c21. The smallest absolute Gasteiger partial charge is 0.276 e. The Morgan fingerprint density at radius 2 is 2.07 bits per heavy atom. The molecule has 1 aliphatic rings. The Bertz CT molecular complexity index is 827. The number of amides is 1. The molecule has 0 radical (unpaired) electrons. The Balaban J connectivity index is 1.66. The van der Waals surface area contributed by atoms with E-state index in [0.717, 1.165) is 42.1 Å². The van der Waals surface area contributed by atoms with E-state index in [1.807, 2.05) is 51.4 Å². The molecule has 0 aliphatic heterocycles. The lowest BCUT2D eigenvalue weighted by atomic mass is 9.99. The Labute approximate surface area is 164 Å². The highest BCUT2D eigenvalue weighted by molar-refractivity contribution is 6.06. The van der Waals surface area contributed by atoms with Gasteiger partial charge in [0.2, 0.25) is 0 Å². The Hall–Kier alpha value is -2.84. The van der Waals surface area contributed by atoms with Gasteiger partial charge in [-0.25, -0.2) is 0 Å². The number of hydrogen-bond acceptors (Lipinski definition) is 6. The van der Waals surface area contributed by atoms with Gasteiger partial charge in [0.25, 0.3) is 5.91 Å². The van der Waals surface area contributed by atoms with E-state index in [1.54, 1.807) is 0 Å². The second-order valence-corrected chi connectivity index (χ2v) is 6.75. The molecule has 0 fully saturated rings. The number of hydrogen-bond donors (Lipinski definition) is 3. The monoisotopic (exact) mass is 385 g/mol. The van der Waals surface area contributed by atoms with Crippen LogP contribution in [-0.2, 0) is 11.3 Å². The lowest BCUT2D eigenvalue weighted by molar-refractivity contribution is 0.0894. The number of H-pyrrole nitrogens is 1. The largest absolute Gasteiger partial charge is 0.492 e. The predicted octanol–water partition coefficient (Wildman–Crippen LogP) is 2.43. The molecule has 150 valence electrons. The van der Waals surface area contributed by atoms with E-state index in [4.69, 9.17) is 9.57 Å². The second kappa shape index (κ2) is 9.38. The molecule has 1 amide bonds. The Morgan fingerprint density at radius 1 is 1.29 bits per heavy atom. The quantitative estimate of drug-likeness (QED) is 0.574. The van der Waals surface area contributed by atoms with Gasteiger partial charge in [-0.3, -0.25) is 20.2 Å². The summed E-state index contributed by atoms with van der Waals surface area (Å²) in [6.07, 6.45) is 3.69. The second-order valence-electron chi connectivity index (χ2n) is 6.75. The van der Waals surface area contributed by atoms with Crippen LogP contribution in [0.4, 0.5) is 5.69 Å². The number of nitrogens with one attached hydrogen (secondary N) is 3. The van der Waals surface area contributed by atoms with Gasteiger partial charge < -0.3 is 15.0 Å². The van der Waals surface area contributed by atoms with Crippen LogP contribution in [0.5, 0.6) is 5.75 Å². The average Bonchev–Trinajstić information content (AvgIpc) is 3.12. The number of nitrogens with zero attached hydrogens (tertiary/aromatic N) is 2. The number of rotatable bonds is 9. The highest BCUT2D eigenvalue weighted by Gasteiger charge is 2.25.